The molecule has 8 nitrogen and oxygen atoms in total. The van der Waals surface area contributed by atoms with E-state index in [1.165, 1.54) is 12.1 Å². The molecule has 1 atom stereocenters. The Morgan fingerprint density at radius 2 is 1.69 bits per heavy atom. The number of esters is 1. The molecule has 0 aromatic heterocycles. The minimum atomic E-state index is -1.04. The van der Waals surface area contributed by atoms with Gasteiger partial charge in [0.25, 0.3) is 11.1 Å². The fraction of sp³-hybridized carbons (Fsp3) is 0.200. The van der Waals surface area contributed by atoms with Gasteiger partial charge in [0.05, 0.1) is 24.3 Å². The van der Waals surface area contributed by atoms with E-state index in [4.69, 9.17) is 9.84 Å². The third-order valence-corrected chi connectivity index (χ3v) is 5.14. The first-order chi connectivity index (χ1) is 13.9. The molecular weight excluding hydrogens is 396 g/mol. The second-order valence-electron chi connectivity index (χ2n) is 6.13. The highest BCUT2D eigenvalue weighted by atomic mass is 32.2. The number of ether oxygens (including phenoxy) is 1. The zero-order valence-electron chi connectivity index (χ0n) is 15.5. The summed E-state index contributed by atoms with van der Waals surface area (Å²) in [6, 6.07) is 12.4. The number of rotatable bonds is 7. The Morgan fingerprint density at radius 1 is 1.07 bits per heavy atom. The number of benzene rings is 2. The van der Waals surface area contributed by atoms with Gasteiger partial charge in [0, 0.05) is 5.69 Å². The quantitative estimate of drug-likeness (QED) is 0.664. The maximum Gasteiger partial charge on any atom is 0.338 e. The number of imide groups is 1. The Kier molecular flexibility index (Phi) is 6.18. The zero-order valence-corrected chi connectivity index (χ0v) is 16.3. The summed E-state index contributed by atoms with van der Waals surface area (Å²) in [7, 11) is 0. The van der Waals surface area contributed by atoms with Gasteiger partial charge < -0.3 is 15.2 Å². The molecule has 0 spiro atoms. The van der Waals surface area contributed by atoms with Crippen molar-refractivity contribution < 1.29 is 29.0 Å². The molecule has 1 fully saturated rings. The molecular formula is C20H18N2O6S. The maximum absolute atomic E-state index is 12.6. The number of carbonyl (C=O) groups excluding carboxylic acids is 3. The molecule has 2 aromatic rings. The van der Waals surface area contributed by atoms with Gasteiger partial charge in [-0.15, -0.1) is 0 Å². The molecule has 150 valence electrons. The van der Waals surface area contributed by atoms with Crippen LogP contribution in [0, 0.1) is 0 Å². The van der Waals surface area contributed by atoms with Crippen molar-refractivity contribution in [3.8, 4) is 0 Å². The number of carbonyl (C=O) groups is 4. The molecule has 1 unspecified atom stereocenters. The molecule has 2 amide bonds. The van der Waals surface area contributed by atoms with Crippen LogP contribution in [0.25, 0.3) is 0 Å². The fourth-order valence-electron chi connectivity index (χ4n) is 2.68. The Hall–Kier alpha value is -3.33. The van der Waals surface area contributed by atoms with E-state index in [-0.39, 0.29) is 18.7 Å². The van der Waals surface area contributed by atoms with Crippen LogP contribution in [0.3, 0.4) is 0 Å². The van der Waals surface area contributed by atoms with E-state index in [9.17, 15) is 19.2 Å². The average Bonchev–Trinajstić information content (AvgIpc) is 2.96. The molecule has 1 aliphatic heterocycles. The van der Waals surface area contributed by atoms with Crippen molar-refractivity contribution in [3.63, 3.8) is 0 Å². The number of nitrogens with one attached hydrogen (secondary N) is 1. The van der Waals surface area contributed by atoms with Crippen LogP contribution in [0.2, 0.25) is 0 Å². The van der Waals surface area contributed by atoms with Crippen molar-refractivity contribution in [2.75, 3.05) is 11.9 Å². The van der Waals surface area contributed by atoms with Gasteiger partial charge in [0.1, 0.15) is 0 Å². The average molecular weight is 414 g/mol. The number of aromatic carboxylic acids is 1. The van der Waals surface area contributed by atoms with Crippen LogP contribution in [0.5, 0.6) is 0 Å². The number of amides is 2. The Bertz CT molecular complexity index is 942. The summed E-state index contributed by atoms with van der Waals surface area (Å²) >= 11 is 0.863. The predicted octanol–water partition coefficient (Wildman–Crippen LogP) is 3.20. The predicted molar refractivity (Wildman–Crippen MR) is 107 cm³/mol. The highest BCUT2D eigenvalue weighted by Crippen LogP contribution is 2.29. The van der Waals surface area contributed by atoms with Crippen LogP contribution < -0.4 is 5.32 Å². The normalized spacial score (nSPS) is 16.0. The van der Waals surface area contributed by atoms with Gasteiger partial charge in [-0.3, -0.25) is 14.5 Å². The minimum Gasteiger partial charge on any atom is -0.478 e. The Balaban J connectivity index is 1.64. The van der Waals surface area contributed by atoms with Crippen LogP contribution in [-0.4, -0.2) is 45.1 Å². The van der Waals surface area contributed by atoms with Crippen LogP contribution in [0.4, 0.5) is 10.5 Å². The van der Waals surface area contributed by atoms with Gasteiger partial charge in [-0.05, 0) is 60.6 Å². The zero-order chi connectivity index (χ0) is 21.0. The standard InChI is InChI=1S/C20H18N2O6S/c1-2-28-19(26)14-7-9-15(10-8-14)21-16-17(23)22(20(27)29-16)11-12-3-5-13(6-4-12)18(24)25/h3-10,16,21H,2,11H2,1H3,(H,24,25). The minimum absolute atomic E-state index is 0.0601. The number of anilines is 1. The highest BCUT2D eigenvalue weighted by molar-refractivity contribution is 8.15. The van der Waals surface area contributed by atoms with E-state index in [1.54, 1.807) is 43.3 Å². The van der Waals surface area contributed by atoms with Crippen molar-refractivity contribution in [2.24, 2.45) is 0 Å². The topological polar surface area (TPSA) is 113 Å². The molecule has 2 aromatic carbocycles. The summed E-state index contributed by atoms with van der Waals surface area (Å²) < 4.78 is 4.92. The second-order valence-corrected chi connectivity index (χ2v) is 7.19. The lowest BCUT2D eigenvalue weighted by molar-refractivity contribution is -0.126. The van der Waals surface area contributed by atoms with Gasteiger partial charge in [-0.2, -0.15) is 0 Å². The molecule has 3 rings (SSSR count). The van der Waals surface area contributed by atoms with E-state index in [0.717, 1.165) is 16.7 Å². The maximum atomic E-state index is 12.6. The molecule has 0 aliphatic carbocycles. The molecule has 1 aliphatic rings. The Morgan fingerprint density at radius 3 is 2.28 bits per heavy atom. The van der Waals surface area contributed by atoms with Crippen molar-refractivity contribution in [1.82, 2.24) is 4.90 Å². The molecule has 1 heterocycles. The van der Waals surface area contributed by atoms with Crippen LogP contribution in [-0.2, 0) is 16.1 Å². The first kappa shape index (κ1) is 20.4. The third-order valence-electron chi connectivity index (χ3n) is 4.16. The van der Waals surface area contributed by atoms with Crippen molar-refractivity contribution in [1.29, 1.82) is 0 Å². The van der Waals surface area contributed by atoms with Gasteiger partial charge in [-0.1, -0.05) is 12.1 Å². The number of hydrogen-bond donors (Lipinski definition) is 2. The number of hydrogen-bond acceptors (Lipinski definition) is 7. The molecule has 0 bridgehead atoms. The van der Waals surface area contributed by atoms with Gasteiger partial charge in [-0.25, -0.2) is 9.59 Å². The lowest BCUT2D eigenvalue weighted by Crippen LogP contribution is -2.33. The second kappa shape index (κ2) is 8.78. The number of carboxylic acids is 1. The van der Waals surface area contributed by atoms with E-state index < -0.39 is 28.5 Å². The van der Waals surface area contributed by atoms with E-state index >= 15 is 0 Å². The molecule has 0 saturated carbocycles. The number of thioether (sulfide) groups is 1. The van der Waals surface area contributed by atoms with Gasteiger partial charge in [0.15, 0.2) is 5.37 Å². The van der Waals surface area contributed by atoms with Gasteiger partial charge in [0.2, 0.25) is 0 Å². The van der Waals surface area contributed by atoms with Crippen molar-refractivity contribution in [2.45, 2.75) is 18.8 Å². The summed E-state index contributed by atoms with van der Waals surface area (Å²) in [5, 5.41) is 10.7. The summed E-state index contributed by atoms with van der Waals surface area (Å²) in [5.41, 5.74) is 1.76. The molecule has 0 radical (unpaired) electrons. The summed E-state index contributed by atoms with van der Waals surface area (Å²) in [4.78, 5) is 48.6. The molecule has 2 N–H and O–H groups in total. The first-order valence-electron chi connectivity index (χ1n) is 8.77. The number of nitrogens with zero attached hydrogens (tertiary/aromatic N) is 1. The van der Waals surface area contributed by atoms with Crippen molar-refractivity contribution >= 4 is 40.5 Å². The lowest BCUT2D eigenvalue weighted by Gasteiger charge is -2.15. The summed E-state index contributed by atoms with van der Waals surface area (Å²) in [5.74, 6) is -1.86. The smallest absolute Gasteiger partial charge is 0.338 e. The molecule has 29 heavy (non-hydrogen) atoms. The lowest BCUT2D eigenvalue weighted by atomic mass is 10.1. The van der Waals surface area contributed by atoms with Crippen LogP contribution in [0.1, 0.15) is 33.2 Å². The van der Waals surface area contributed by atoms with Crippen LogP contribution >= 0.6 is 11.8 Å². The summed E-state index contributed by atoms with van der Waals surface area (Å²) in [6.07, 6.45) is 0. The van der Waals surface area contributed by atoms with E-state index in [1.807, 2.05) is 0 Å². The largest absolute Gasteiger partial charge is 0.478 e. The van der Waals surface area contributed by atoms with Gasteiger partial charge >= 0.3 is 11.9 Å². The highest BCUT2D eigenvalue weighted by Gasteiger charge is 2.39. The van der Waals surface area contributed by atoms with Crippen LogP contribution in [0.15, 0.2) is 48.5 Å². The monoisotopic (exact) mass is 414 g/mol. The molecule has 9 heteroatoms. The summed E-state index contributed by atoms with van der Waals surface area (Å²) in [6.45, 7) is 2.06. The fourth-order valence-corrected chi connectivity index (χ4v) is 3.59. The van der Waals surface area contributed by atoms with E-state index in [0.29, 0.717) is 16.8 Å². The SMILES string of the molecule is CCOC(=O)c1ccc(NC2SC(=O)N(Cc3ccc(C(=O)O)cc3)C2=O)cc1. The number of carboxylic acid groups (broad SMARTS) is 1. The van der Waals surface area contributed by atoms with E-state index in [2.05, 4.69) is 5.32 Å². The first-order valence-corrected chi connectivity index (χ1v) is 9.65. The molecule has 1 saturated heterocycles. The Labute approximate surface area is 170 Å². The van der Waals surface area contributed by atoms with Crippen molar-refractivity contribution in [3.05, 3.63) is 65.2 Å². The third kappa shape index (κ3) is 4.75.